The van der Waals surface area contributed by atoms with Crippen LogP contribution in [0.4, 0.5) is 5.82 Å². The maximum Gasteiger partial charge on any atom is 0.272 e. The van der Waals surface area contributed by atoms with E-state index in [-0.39, 0.29) is 5.91 Å². The predicted molar refractivity (Wildman–Crippen MR) is 90.6 cm³/mol. The van der Waals surface area contributed by atoms with Gasteiger partial charge in [-0.3, -0.25) is 4.79 Å². The van der Waals surface area contributed by atoms with Gasteiger partial charge in [0.25, 0.3) is 5.91 Å². The van der Waals surface area contributed by atoms with Crippen molar-refractivity contribution in [2.24, 2.45) is 0 Å². The Balaban J connectivity index is 1.67. The summed E-state index contributed by atoms with van der Waals surface area (Å²) in [5.74, 6) is 0.605. The van der Waals surface area contributed by atoms with Gasteiger partial charge in [-0.2, -0.15) is 0 Å². The molecule has 1 aliphatic heterocycles. The van der Waals surface area contributed by atoms with E-state index < -0.39 is 0 Å². The van der Waals surface area contributed by atoms with Gasteiger partial charge >= 0.3 is 0 Å². The van der Waals surface area contributed by atoms with Crippen LogP contribution >= 0.6 is 11.6 Å². The third-order valence-electron chi connectivity index (χ3n) is 3.95. The summed E-state index contributed by atoms with van der Waals surface area (Å²) in [6.07, 6.45) is 4.74. The van der Waals surface area contributed by atoms with Crippen molar-refractivity contribution in [2.75, 3.05) is 18.4 Å². The Morgan fingerprint density at radius 2 is 1.96 bits per heavy atom. The average Bonchev–Trinajstić information content (AvgIpc) is 2.61. The lowest BCUT2D eigenvalue weighted by atomic mass is 10.1. The van der Waals surface area contributed by atoms with Gasteiger partial charge in [0, 0.05) is 30.7 Å². The van der Waals surface area contributed by atoms with Crippen LogP contribution in [-0.2, 0) is 6.54 Å². The molecule has 23 heavy (non-hydrogen) atoms. The molecule has 120 valence electrons. The highest BCUT2D eigenvalue weighted by Gasteiger charge is 2.19. The van der Waals surface area contributed by atoms with Crippen molar-refractivity contribution in [3.05, 3.63) is 52.9 Å². The molecular weight excluding hydrogens is 312 g/mol. The highest BCUT2D eigenvalue weighted by atomic mass is 35.5. The minimum absolute atomic E-state index is 0.0205. The molecular formula is C17H19ClN4O. The van der Waals surface area contributed by atoms with Crippen LogP contribution in [0.2, 0.25) is 5.02 Å². The molecule has 1 saturated heterocycles. The van der Waals surface area contributed by atoms with E-state index in [1.807, 2.05) is 29.2 Å². The van der Waals surface area contributed by atoms with Gasteiger partial charge < -0.3 is 10.2 Å². The van der Waals surface area contributed by atoms with Crippen LogP contribution in [-0.4, -0.2) is 33.9 Å². The fraction of sp³-hybridized carbons (Fsp3) is 0.353. The first-order valence-electron chi connectivity index (χ1n) is 7.82. The van der Waals surface area contributed by atoms with Gasteiger partial charge in [-0.05, 0) is 30.9 Å². The highest BCUT2D eigenvalue weighted by molar-refractivity contribution is 6.31. The number of amides is 1. The Morgan fingerprint density at radius 1 is 1.17 bits per heavy atom. The molecule has 3 rings (SSSR count). The van der Waals surface area contributed by atoms with E-state index in [1.165, 1.54) is 12.7 Å². The van der Waals surface area contributed by atoms with E-state index >= 15 is 0 Å². The number of hydrogen-bond donors (Lipinski definition) is 1. The van der Waals surface area contributed by atoms with Gasteiger partial charge in [0.1, 0.15) is 17.8 Å². The van der Waals surface area contributed by atoms with E-state index in [9.17, 15) is 4.79 Å². The molecule has 1 N–H and O–H groups in total. The van der Waals surface area contributed by atoms with E-state index in [4.69, 9.17) is 11.6 Å². The van der Waals surface area contributed by atoms with Gasteiger partial charge in [0.05, 0.1) is 0 Å². The summed E-state index contributed by atoms with van der Waals surface area (Å²) in [6.45, 7) is 2.17. The second-order valence-corrected chi connectivity index (χ2v) is 5.99. The largest absolute Gasteiger partial charge is 0.366 e. The molecule has 1 aliphatic rings. The summed E-state index contributed by atoms with van der Waals surface area (Å²) in [7, 11) is 0. The summed E-state index contributed by atoms with van der Waals surface area (Å²) in [5, 5.41) is 3.90. The SMILES string of the molecule is O=C(c1cc(NCc2ccccc2Cl)ncn1)N1CCCCC1. The molecule has 2 aromatic rings. The number of halogens is 1. The number of carbonyl (C=O) groups excluding carboxylic acids is 1. The van der Waals surface area contributed by atoms with Crippen LogP contribution in [0.15, 0.2) is 36.7 Å². The monoisotopic (exact) mass is 330 g/mol. The van der Waals surface area contributed by atoms with Crippen LogP contribution in [0.1, 0.15) is 35.3 Å². The number of nitrogens with one attached hydrogen (secondary N) is 1. The molecule has 1 fully saturated rings. The number of piperidine rings is 1. The van der Waals surface area contributed by atoms with Gasteiger partial charge in [0.2, 0.25) is 0 Å². The van der Waals surface area contributed by atoms with E-state index in [1.54, 1.807) is 6.07 Å². The van der Waals surface area contributed by atoms with Crippen LogP contribution < -0.4 is 5.32 Å². The van der Waals surface area contributed by atoms with Gasteiger partial charge in [-0.25, -0.2) is 9.97 Å². The molecule has 0 atom stereocenters. The number of benzene rings is 1. The maximum atomic E-state index is 12.5. The Hall–Kier alpha value is -2.14. The summed E-state index contributed by atoms with van der Waals surface area (Å²) in [4.78, 5) is 22.6. The molecule has 0 unspecified atom stereocenters. The molecule has 0 aliphatic carbocycles. The quantitative estimate of drug-likeness (QED) is 0.933. The number of likely N-dealkylation sites (tertiary alicyclic amines) is 1. The molecule has 1 aromatic carbocycles. The summed E-state index contributed by atoms with van der Waals surface area (Å²) < 4.78 is 0. The van der Waals surface area contributed by atoms with Gasteiger partial charge in [-0.1, -0.05) is 29.8 Å². The number of anilines is 1. The zero-order valence-corrected chi connectivity index (χ0v) is 13.6. The number of carbonyl (C=O) groups is 1. The van der Waals surface area contributed by atoms with Crippen molar-refractivity contribution >= 4 is 23.3 Å². The Kier molecular flexibility index (Phi) is 5.08. The molecule has 6 heteroatoms. The van der Waals surface area contributed by atoms with Crippen LogP contribution in [0, 0.1) is 0 Å². The number of hydrogen-bond acceptors (Lipinski definition) is 4. The number of nitrogens with zero attached hydrogens (tertiary/aromatic N) is 3. The lowest BCUT2D eigenvalue weighted by Crippen LogP contribution is -2.36. The molecule has 2 heterocycles. The summed E-state index contributed by atoms with van der Waals surface area (Å²) in [5.41, 5.74) is 1.42. The topological polar surface area (TPSA) is 58.1 Å². The standard InChI is InChI=1S/C17H19ClN4O/c18-14-7-3-2-6-13(14)11-19-16-10-15(20-12-21-16)17(23)22-8-4-1-5-9-22/h2-3,6-7,10,12H,1,4-5,8-9,11H2,(H,19,20,21). The Labute approximate surface area is 140 Å². The third-order valence-corrected chi connectivity index (χ3v) is 4.32. The fourth-order valence-electron chi connectivity index (χ4n) is 2.66. The Bertz CT molecular complexity index is 686. The van der Waals surface area contributed by atoms with E-state index in [0.29, 0.717) is 23.1 Å². The molecule has 1 aromatic heterocycles. The lowest BCUT2D eigenvalue weighted by Gasteiger charge is -2.26. The molecule has 0 bridgehead atoms. The van der Waals surface area contributed by atoms with Crippen LogP contribution in [0.5, 0.6) is 0 Å². The highest BCUT2D eigenvalue weighted by Crippen LogP contribution is 2.17. The zero-order chi connectivity index (χ0) is 16.1. The number of aromatic nitrogens is 2. The molecule has 1 amide bonds. The summed E-state index contributed by atoms with van der Waals surface area (Å²) >= 11 is 6.14. The minimum atomic E-state index is -0.0205. The second-order valence-electron chi connectivity index (χ2n) is 5.59. The van der Waals surface area contributed by atoms with Crippen molar-refractivity contribution in [1.29, 1.82) is 0 Å². The first kappa shape index (κ1) is 15.7. The molecule has 0 radical (unpaired) electrons. The van der Waals surface area contributed by atoms with Crippen molar-refractivity contribution in [3.8, 4) is 0 Å². The van der Waals surface area contributed by atoms with Crippen LogP contribution in [0.3, 0.4) is 0 Å². The molecule has 5 nitrogen and oxygen atoms in total. The lowest BCUT2D eigenvalue weighted by molar-refractivity contribution is 0.0718. The maximum absolute atomic E-state index is 12.5. The predicted octanol–water partition coefficient (Wildman–Crippen LogP) is 3.37. The fourth-order valence-corrected chi connectivity index (χ4v) is 2.86. The van der Waals surface area contributed by atoms with E-state index in [2.05, 4.69) is 15.3 Å². The van der Waals surface area contributed by atoms with Gasteiger partial charge in [-0.15, -0.1) is 0 Å². The van der Waals surface area contributed by atoms with Crippen molar-refractivity contribution in [2.45, 2.75) is 25.8 Å². The van der Waals surface area contributed by atoms with Crippen molar-refractivity contribution in [1.82, 2.24) is 14.9 Å². The van der Waals surface area contributed by atoms with Crippen LogP contribution in [0.25, 0.3) is 0 Å². The second kappa shape index (κ2) is 7.42. The zero-order valence-electron chi connectivity index (χ0n) is 12.8. The molecule has 0 saturated carbocycles. The molecule has 0 spiro atoms. The average molecular weight is 331 g/mol. The summed E-state index contributed by atoms with van der Waals surface area (Å²) in [6, 6.07) is 9.34. The smallest absolute Gasteiger partial charge is 0.272 e. The van der Waals surface area contributed by atoms with Gasteiger partial charge in [0.15, 0.2) is 0 Å². The van der Waals surface area contributed by atoms with Crippen molar-refractivity contribution in [3.63, 3.8) is 0 Å². The van der Waals surface area contributed by atoms with Crippen molar-refractivity contribution < 1.29 is 4.79 Å². The first-order chi connectivity index (χ1) is 11.2. The minimum Gasteiger partial charge on any atom is -0.366 e. The normalized spacial score (nSPS) is 14.6. The van der Waals surface area contributed by atoms with E-state index in [0.717, 1.165) is 31.5 Å². The number of rotatable bonds is 4. The first-order valence-corrected chi connectivity index (χ1v) is 8.20. The third kappa shape index (κ3) is 3.99. The Morgan fingerprint density at radius 3 is 2.74 bits per heavy atom.